The molecule has 0 radical (unpaired) electrons. The van der Waals surface area contributed by atoms with E-state index in [0.29, 0.717) is 12.0 Å². The molecule has 29 heavy (non-hydrogen) atoms. The molecule has 1 N–H and O–H groups in total. The van der Waals surface area contributed by atoms with Gasteiger partial charge in [-0.25, -0.2) is 0 Å². The van der Waals surface area contributed by atoms with Gasteiger partial charge in [0, 0.05) is 58.9 Å². The Bertz CT molecular complexity index is 661. The Hall–Kier alpha value is -1.83. The van der Waals surface area contributed by atoms with Crippen LogP contribution in [0.2, 0.25) is 0 Å². The van der Waals surface area contributed by atoms with Gasteiger partial charge < -0.3 is 29.3 Å². The zero-order chi connectivity index (χ0) is 20.5. The minimum absolute atomic E-state index is 0.335. The zero-order valence-corrected chi connectivity index (χ0v) is 18.2. The van der Waals surface area contributed by atoms with Gasteiger partial charge in [0.25, 0.3) is 0 Å². The van der Waals surface area contributed by atoms with E-state index in [0.717, 1.165) is 64.3 Å². The fraction of sp³-hybridized carbons (Fsp3) is 0.682. The van der Waals surface area contributed by atoms with Gasteiger partial charge in [-0.2, -0.15) is 0 Å². The summed E-state index contributed by atoms with van der Waals surface area (Å²) in [4.78, 5) is 9.07. The number of hydrogen-bond donors (Lipinski definition) is 1. The number of nitrogens with zero attached hydrogens (tertiary/aromatic N) is 3. The molecule has 0 aromatic heterocycles. The van der Waals surface area contributed by atoms with Gasteiger partial charge in [0.2, 0.25) is 0 Å². The SMILES string of the molecule is CN=C(NCc1cccc(OCCN(C)CCOC)c1)N1CCC2(CCOC2)C1. The van der Waals surface area contributed by atoms with Crippen molar-refractivity contribution in [3.05, 3.63) is 29.8 Å². The van der Waals surface area contributed by atoms with Crippen molar-refractivity contribution in [2.75, 3.05) is 73.8 Å². The number of guanidine groups is 1. The Morgan fingerprint density at radius 3 is 2.93 bits per heavy atom. The first-order valence-electron chi connectivity index (χ1n) is 10.6. The van der Waals surface area contributed by atoms with Crippen molar-refractivity contribution >= 4 is 5.96 Å². The molecular formula is C22H36N4O3. The molecule has 1 atom stereocenters. The molecule has 1 aromatic rings. The molecule has 0 saturated carbocycles. The fourth-order valence-electron chi connectivity index (χ4n) is 4.02. The van der Waals surface area contributed by atoms with Crippen molar-refractivity contribution in [1.29, 1.82) is 0 Å². The predicted molar refractivity (Wildman–Crippen MR) is 116 cm³/mol. The van der Waals surface area contributed by atoms with Gasteiger partial charge in [-0.1, -0.05) is 12.1 Å². The van der Waals surface area contributed by atoms with Crippen LogP contribution in [0.5, 0.6) is 5.75 Å². The number of rotatable bonds is 9. The molecule has 1 spiro atoms. The zero-order valence-electron chi connectivity index (χ0n) is 18.2. The van der Waals surface area contributed by atoms with Crippen LogP contribution in [0, 0.1) is 5.41 Å². The lowest BCUT2D eigenvalue weighted by Crippen LogP contribution is -2.41. The second-order valence-corrected chi connectivity index (χ2v) is 8.17. The van der Waals surface area contributed by atoms with Gasteiger partial charge in [-0.05, 0) is 37.6 Å². The molecule has 2 aliphatic heterocycles. The highest BCUT2D eigenvalue weighted by molar-refractivity contribution is 5.80. The van der Waals surface area contributed by atoms with Crippen LogP contribution in [0.15, 0.2) is 29.3 Å². The molecule has 2 heterocycles. The van der Waals surface area contributed by atoms with Crippen LogP contribution in [0.1, 0.15) is 18.4 Å². The number of ether oxygens (including phenoxy) is 3. The highest BCUT2D eigenvalue weighted by Crippen LogP contribution is 2.38. The molecule has 7 nitrogen and oxygen atoms in total. The average molecular weight is 405 g/mol. The molecule has 1 aromatic carbocycles. The molecule has 2 fully saturated rings. The van der Waals surface area contributed by atoms with E-state index in [1.807, 2.05) is 19.2 Å². The van der Waals surface area contributed by atoms with E-state index >= 15 is 0 Å². The predicted octanol–water partition coefficient (Wildman–Crippen LogP) is 1.83. The lowest BCUT2D eigenvalue weighted by molar-refractivity contribution is 0.150. The summed E-state index contributed by atoms with van der Waals surface area (Å²) < 4.78 is 16.7. The number of methoxy groups -OCH3 is 1. The second kappa shape index (κ2) is 10.8. The molecule has 0 amide bonds. The number of nitrogens with one attached hydrogen (secondary N) is 1. The normalized spacial score (nSPS) is 22.1. The third-order valence-electron chi connectivity index (χ3n) is 5.90. The quantitative estimate of drug-likeness (QED) is 0.501. The van der Waals surface area contributed by atoms with Crippen molar-refractivity contribution in [3.8, 4) is 5.75 Å². The topological polar surface area (TPSA) is 58.6 Å². The molecule has 0 aliphatic carbocycles. The maximum atomic E-state index is 5.93. The summed E-state index contributed by atoms with van der Waals surface area (Å²) in [6.45, 7) is 7.79. The number of aliphatic imine (C=N–C) groups is 1. The summed E-state index contributed by atoms with van der Waals surface area (Å²) in [5.74, 6) is 1.88. The number of hydrogen-bond acceptors (Lipinski definition) is 5. The Morgan fingerprint density at radius 1 is 1.31 bits per heavy atom. The fourth-order valence-corrected chi connectivity index (χ4v) is 4.02. The van der Waals surface area contributed by atoms with E-state index < -0.39 is 0 Å². The maximum absolute atomic E-state index is 5.93. The van der Waals surface area contributed by atoms with E-state index in [9.17, 15) is 0 Å². The van der Waals surface area contributed by atoms with Crippen LogP contribution >= 0.6 is 0 Å². The van der Waals surface area contributed by atoms with Crippen LogP contribution in [-0.2, 0) is 16.0 Å². The average Bonchev–Trinajstić information content (AvgIpc) is 3.37. The van der Waals surface area contributed by atoms with Crippen LogP contribution in [-0.4, -0.2) is 89.6 Å². The second-order valence-electron chi connectivity index (χ2n) is 8.17. The largest absolute Gasteiger partial charge is 0.492 e. The lowest BCUT2D eigenvalue weighted by atomic mass is 9.87. The molecule has 162 valence electrons. The summed E-state index contributed by atoms with van der Waals surface area (Å²) >= 11 is 0. The summed E-state index contributed by atoms with van der Waals surface area (Å²) in [5, 5.41) is 3.52. The van der Waals surface area contributed by atoms with Crippen molar-refractivity contribution in [3.63, 3.8) is 0 Å². The molecule has 2 aliphatic rings. The van der Waals surface area contributed by atoms with Crippen LogP contribution in [0.3, 0.4) is 0 Å². The van der Waals surface area contributed by atoms with Gasteiger partial charge in [0.05, 0.1) is 13.2 Å². The first-order valence-corrected chi connectivity index (χ1v) is 10.6. The summed E-state index contributed by atoms with van der Waals surface area (Å²) in [7, 11) is 5.66. The third-order valence-corrected chi connectivity index (χ3v) is 5.90. The molecule has 7 heteroatoms. The van der Waals surface area contributed by atoms with Gasteiger partial charge in [0.1, 0.15) is 12.4 Å². The van der Waals surface area contributed by atoms with Gasteiger partial charge in [-0.3, -0.25) is 4.99 Å². The minimum Gasteiger partial charge on any atom is -0.492 e. The number of benzene rings is 1. The Labute approximate surface area is 175 Å². The molecule has 1 unspecified atom stereocenters. The summed E-state index contributed by atoms with van der Waals surface area (Å²) in [6.07, 6.45) is 2.36. The molecule has 2 saturated heterocycles. The summed E-state index contributed by atoms with van der Waals surface area (Å²) in [5.41, 5.74) is 1.52. The minimum atomic E-state index is 0.335. The first kappa shape index (κ1) is 21.9. The highest BCUT2D eigenvalue weighted by atomic mass is 16.5. The highest BCUT2D eigenvalue weighted by Gasteiger charge is 2.42. The molecule has 3 rings (SSSR count). The van der Waals surface area contributed by atoms with Crippen molar-refractivity contribution < 1.29 is 14.2 Å². The van der Waals surface area contributed by atoms with E-state index in [4.69, 9.17) is 14.2 Å². The Kier molecular flexibility index (Phi) is 8.15. The standard InChI is InChI=1S/C22H36N4O3/c1-23-21(26-9-7-22(17-26)8-12-28-18-22)24-16-19-5-4-6-20(15-19)29-14-11-25(2)10-13-27-3/h4-6,15H,7-14,16-18H2,1-3H3,(H,23,24). The smallest absolute Gasteiger partial charge is 0.193 e. The van der Waals surface area contributed by atoms with Crippen LogP contribution in [0.25, 0.3) is 0 Å². The number of likely N-dealkylation sites (tertiary alicyclic amines) is 1. The van der Waals surface area contributed by atoms with Crippen molar-refractivity contribution in [2.45, 2.75) is 19.4 Å². The van der Waals surface area contributed by atoms with E-state index in [-0.39, 0.29) is 0 Å². The Morgan fingerprint density at radius 2 is 2.17 bits per heavy atom. The van der Waals surface area contributed by atoms with Gasteiger partial charge in [-0.15, -0.1) is 0 Å². The first-order chi connectivity index (χ1) is 14.1. The van der Waals surface area contributed by atoms with E-state index in [1.54, 1.807) is 7.11 Å². The van der Waals surface area contributed by atoms with Gasteiger partial charge in [0.15, 0.2) is 5.96 Å². The van der Waals surface area contributed by atoms with Crippen LogP contribution < -0.4 is 10.1 Å². The van der Waals surface area contributed by atoms with Gasteiger partial charge >= 0.3 is 0 Å². The molecular weight excluding hydrogens is 368 g/mol. The summed E-state index contributed by atoms with van der Waals surface area (Å²) in [6, 6.07) is 8.28. The van der Waals surface area contributed by atoms with Crippen LogP contribution in [0.4, 0.5) is 0 Å². The third kappa shape index (κ3) is 6.32. The van der Waals surface area contributed by atoms with Crippen molar-refractivity contribution in [1.82, 2.24) is 15.1 Å². The maximum Gasteiger partial charge on any atom is 0.193 e. The molecule has 0 bridgehead atoms. The lowest BCUT2D eigenvalue weighted by Gasteiger charge is -2.25. The monoisotopic (exact) mass is 404 g/mol. The Balaban J connectivity index is 1.44. The number of likely N-dealkylation sites (N-methyl/N-ethyl adjacent to an activating group) is 1. The van der Waals surface area contributed by atoms with Crippen molar-refractivity contribution in [2.24, 2.45) is 10.4 Å². The van der Waals surface area contributed by atoms with E-state index in [2.05, 4.69) is 39.3 Å². The van der Waals surface area contributed by atoms with E-state index in [1.165, 1.54) is 18.4 Å².